The van der Waals surface area contributed by atoms with E-state index in [1.807, 2.05) is 0 Å². The zero-order valence-corrected chi connectivity index (χ0v) is 21.4. The molecule has 0 aliphatic rings. The maximum atomic E-state index is 10.4. The molecule has 0 aromatic heterocycles. The Morgan fingerprint density at radius 1 is 0.677 bits per heavy atom. The summed E-state index contributed by atoms with van der Waals surface area (Å²) >= 11 is 0. The molecule has 0 saturated carbocycles. The molecule has 0 amide bonds. The van der Waals surface area contributed by atoms with Gasteiger partial charge in [-0.15, -0.1) is 0 Å². The Hall–Kier alpha value is -0.830. The second-order valence-electron chi connectivity index (χ2n) is 9.69. The summed E-state index contributed by atoms with van der Waals surface area (Å²) in [6.07, 6.45) is 31.1. The van der Waals surface area contributed by atoms with Crippen LogP contribution in [0.3, 0.4) is 0 Å². The standard InChI is InChI=1S/C28H55NO2/c1-4-5-6-7-15-18-21-24-27(29(2)3)25-22-19-16-13-11-9-8-10-12-14-17-20-23-26-28(30)31/h14,17,27H,4-13,15-16,18-26H2,1-3H3,(H,30,31)/b17-14-. The summed E-state index contributed by atoms with van der Waals surface area (Å²) in [4.78, 5) is 12.9. The molecule has 1 N–H and O–H groups in total. The second kappa shape index (κ2) is 23.8. The van der Waals surface area contributed by atoms with Crippen LogP contribution in [-0.4, -0.2) is 36.1 Å². The first-order valence-corrected chi connectivity index (χ1v) is 13.6. The number of hydrogen-bond acceptors (Lipinski definition) is 2. The average molecular weight is 438 g/mol. The van der Waals surface area contributed by atoms with Crippen LogP contribution in [0.15, 0.2) is 12.2 Å². The quantitative estimate of drug-likeness (QED) is 0.121. The Balaban J connectivity index is 3.44. The molecule has 0 rings (SSSR count). The van der Waals surface area contributed by atoms with Gasteiger partial charge in [-0.3, -0.25) is 4.79 Å². The van der Waals surface area contributed by atoms with E-state index >= 15 is 0 Å². The van der Waals surface area contributed by atoms with Gasteiger partial charge in [-0.25, -0.2) is 0 Å². The Labute approximate surface area is 195 Å². The molecule has 31 heavy (non-hydrogen) atoms. The van der Waals surface area contributed by atoms with Crippen molar-refractivity contribution in [3.05, 3.63) is 12.2 Å². The Morgan fingerprint density at radius 2 is 1.10 bits per heavy atom. The number of carboxylic acids is 1. The lowest BCUT2D eigenvalue weighted by atomic mass is 9.99. The van der Waals surface area contributed by atoms with Gasteiger partial charge in [0.25, 0.3) is 0 Å². The number of allylic oxidation sites excluding steroid dienone is 2. The molecule has 0 aromatic carbocycles. The van der Waals surface area contributed by atoms with E-state index in [0.717, 1.165) is 25.3 Å². The number of unbranched alkanes of at least 4 members (excludes halogenated alkanes) is 15. The van der Waals surface area contributed by atoms with Crippen molar-refractivity contribution in [3.8, 4) is 0 Å². The third-order valence-electron chi connectivity index (χ3n) is 6.46. The molecule has 1 unspecified atom stereocenters. The predicted molar refractivity (Wildman–Crippen MR) is 137 cm³/mol. The second-order valence-corrected chi connectivity index (χ2v) is 9.69. The van der Waals surface area contributed by atoms with Gasteiger partial charge in [0.1, 0.15) is 0 Å². The van der Waals surface area contributed by atoms with Crippen molar-refractivity contribution in [2.24, 2.45) is 0 Å². The fourth-order valence-electron chi connectivity index (χ4n) is 4.31. The number of hydrogen-bond donors (Lipinski definition) is 1. The predicted octanol–water partition coefficient (Wildman–Crippen LogP) is 8.77. The van der Waals surface area contributed by atoms with Gasteiger partial charge in [-0.05, 0) is 52.6 Å². The minimum absolute atomic E-state index is 0.291. The molecule has 0 fully saturated rings. The molecule has 0 radical (unpaired) electrons. The van der Waals surface area contributed by atoms with Crippen molar-refractivity contribution in [1.82, 2.24) is 4.90 Å². The van der Waals surface area contributed by atoms with Crippen LogP contribution in [0.25, 0.3) is 0 Å². The molecule has 0 aromatic rings. The maximum absolute atomic E-state index is 10.4. The number of aliphatic carboxylic acids is 1. The van der Waals surface area contributed by atoms with Gasteiger partial charge < -0.3 is 10.0 Å². The monoisotopic (exact) mass is 437 g/mol. The number of rotatable bonds is 24. The van der Waals surface area contributed by atoms with Crippen LogP contribution < -0.4 is 0 Å². The molecule has 3 nitrogen and oxygen atoms in total. The zero-order valence-electron chi connectivity index (χ0n) is 21.4. The van der Waals surface area contributed by atoms with Gasteiger partial charge in [-0.2, -0.15) is 0 Å². The van der Waals surface area contributed by atoms with Crippen LogP contribution in [0, 0.1) is 0 Å². The van der Waals surface area contributed by atoms with Crippen LogP contribution in [0.2, 0.25) is 0 Å². The van der Waals surface area contributed by atoms with Gasteiger partial charge >= 0.3 is 5.97 Å². The molecule has 0 saturated heterocycles. The summed E-state index contributed by atoms with van der Waals surface area (Å²) in [5.41, 5.74) is 0. The van der Waals surface area contributed by atoms with Crippen LogP contribution in [0.5, 0.6) is 0 Å². The molecular formula is C28H55NO2. The van der Waals surface area contributed by atoms with Crippen molar-refractivity contribution in [2.75, 3.05) is 14.1 Å². The smallest absolute Gasteiger partial charge is 0.303 e. The Bertz CT molecular complexity index is 406. The van der Waals surface area contributed by atoms with E-state index in [4.69, 9.17) is 5.11 Å². The fourth-order valence-corrected chi connectivity index (χ4v) is 4.31. The summed E-state index contributed by atoms with van der Waals surface area (Å²) in [7, 11) is 4.52. The summed E-state index contributed by atoms with van der Waals surface area (Å²) in [6.45, 7) is 2.29. The van der Waals surface area contributed by atoms with Crippen molar-refractivity contribution in [3.63, 3.8) is 0 Å². The Morgan fingerprint density at radius 3 is 1.55 bits per heavy atom. The van der Waals surface area contributed by atoms with Gasteiger partial charge in [0.2, 0.25) is 0 Å². The third kappa shape index (κ3) is 23.7. The summed E-state index contributed by atoms with van der Waals surface area (Å²) in [5.74, 6) is -0.686. The first-order chi connectivity index (χ1) is 15.1. The highest BCUT2D eigenvalue weighted by Crippen LogP contribution is 2.17. The molecule has 184 valence electrons. The molecular weight excluding hydrogens is 382 g/mol. The summed E-state index contributed by atoms with van der Waals surface area (Å²) in [5, 5.41) is 8.59. The van der Waals surface area contributed by atoms with Gasteiger partial charge in [0.15, 0.2) is 0 Å². The van der Waals surface area contributed by atoms with E-state index in [9.17, 15) is 4.79 Å². The number of nitrogens with zero attached hydrogens (tertiary/aromatic N) is 1. The highest BCUT2D eigenvalue weighted by Gasteiger charge is 2.10. The lowest BCUT2D eigenvalue weighted by Crippen LogP contribution is -2.27. The lowest BCUT2D eigenvalue weighted by molar-refractivity contribution is -0.137. The van der Waals surface area contributed by atoms with Crippen LogP contribution in [0.1, 0.15) is 142 Å². The molecule has 0 bridgehead atoms. The van der Waals surface area contributed by atoms with Crippen LogP contribution in [-0.2, 0) is 4.79 Å². The van der Waals surface area contributed by atoms with Crippen molar-refractivity contribution >= 4 is 5.97 Å². The topological polar surface area (TPSA) is 40.5 Å². The van der Waals surface area contributed by atoms with E-state index in [1.165, 1.54) is 109 Å². The van der Waals surface area contributed by atoms with Gasteiger partial charge in [-0.1, -0.05) is 109 Å². The molecule has 3 heteroatoms. The third-order valence-corrected chi connectivity index (χ3v) is 6.46. The first-order valence-electron chi connectivity index (χ1n) is 13.6. The lowest BCUT2D eigenvalue weighted by Gasteiger charge is -2.24. The summed E-state index contributed by atoms with van der Waals surface area (Å²) in [6, 6.07) is 0.785. The van der Waals surface area contributed by atoms with Gasteiger partial charge in [0, 0.05) is 12.5 Å². The number of carboxylic acid groups (broad SMARTS) is 1. The molecule has 0 aliphatic heterocycles. The van der Waals surface area contributed by atoms with E-state index in [-0.39, 0.29) is 0 Å². The zero-order chi connectivity index (χ0) is 23.0. The normalized spacial score (nSPS) is 12.8. The number of carbonyl (C=O) groups is 1. The van der Waals surface area contributed by atoms with Crippen LogP contribution in [0.4, 0.5) is 0 Å². The fraction of sp³-hybridized carbons (Fsp3) is 0.893. The highest BCUT2D eigenvalue weighted by molar-refractivity contribution is 5.66. The van der Waals surface area contributed by atoms with Crippen LogP contribution >= 0.6 is 0 Å². The highest BCUT2D eigenvalue weighted by atomic mass is 16.4. The van der Waals surface area contributed by atoms with E-state index < -0.39 is 5.97 Å². The molecule has 0 aliphatic carbocycles. The van der Waals surface area contributed by atoms with Crippen molar-refractivity contribution in [2.45, 2.75) is 148 Å². The SMILES string of the molecule is CCCCCCCCCC(CCCCCCCCCC/C=C\CCCC(=O)O)N(C)C. The molecule has 0 heterocycles. The average Bonchev–Trinajstić information content (AvgIpc) is 2.73. The molecule has 0 spiro atoms. The Kier molecular flexibility index (Phi) is 23.2. The largest absolute Gasteiger partial charge is 0.481 e. The first kappa shape index (κ1) is 30.2. The summed E-state index contributed by atoms with van der Waals surface area (Å²) < 4.78 is 0. The van der Waals surface area contributed by atoms with E-state index in [0.29, 0.717) is 6.42 Å². The van der Waals surface area contributed by atoms with Crippen molar-refractivity contribution < 1.29 is 9.90 Å². The van der Waals surface area contributed by atoms with E-state index in [1.54, 1.807) is 0 Å². The minimum Gasteiger partial charge on any atom is -0.481 e. The minimum atomic E-state index is -0.686. The van der Waals surface area contributed by atoms with E-state index in [2.05, 4.69) is 38.1 Å². The molecule has 1 atom stereocenters. The van der Waals surface area contributed by atoms with Crippen molar-refractivity contribution in [1.29, 1.82) is 0 Å². The maximum Gasteiger partial charge on any atom is 0.303 e. The van der Waals surface area contributed by atoms with Gasteiger partial charge in [0.05, 0.1) is 0 Å².